The third kappa shape index (κ3) is 4.92. The predicted octanol–water partition coefficient (Wildman–Crippen LogP) is 2.06. The molecule has 3 nitrogen and oxygen atoms in total. The third-order valence-electron chi connectivity index (χ3n) is 2.61. The maximum atomic E-state index is 12.9. The van der Waals surface area contributed by atoms with E-state index in [-0.39, 0.29) is 6.42 Å². The second kappa shape index (κ2) is 7.01. The van der Waals surface area contributed by atoms with Crippen LogP contribution in [0, 0.1) is 17.7 Å². The molecule has 1 N–H and O–H groups in total. The first kappa shape index (κ1) is 14.5. The lowest BCUT2D eigenvalue weighted by molar-refractivity contribution is -0.127. The van der Waals surface area contributed by atoms with Gasteiger partial charge in [-0.1, -0.05) is 42.3 Å². The van der Waals surface area contributed by atoms with Gasteiger partial charge in [0.1, 0.15) is 5.82 Å². The first-order valence-electron chi connectivity index (χ1n) is 6.29. The molecule has 0 atom stereocenters. The molecule has 4 heteroatoms. The molecule has 0 aromatic heterocycles. The molecule has 0 bridgehead atoms. The predicted molar refractivity (Wildman–Crippen MR) is 76.6 cm³/mol. The molecule has 0 heterocycles. The molecular weight excluding hydrogens is 269 g/mol. The second-order valence-corrected chi connectivity index (χ2v) is 4.30. The van der Waals surface area contributed by atoms with Crippen LogP contribution in [0.3, 0.4) is 0 Å². The maximum Gasteiger partial charge on any atom is 0.302 e. The zero-order valence-electron chi connectivity index (χ0n) is 11.1. The van der Waals surface area contributed by atoms with E-state index in [1.165, 1.54) is 18.2 Å². The molecule has 0 spiro atoms. The number of halogens is 1. The lowest BCUT2D eigenvalue weighted by Crippen LogP contribution is -2.30. The topological polar surface area (TPSA) is 46.2 Å². The Morgan fingerprint density at radius 2 is 1.81 bits per heavy atom. The molecule has 2 amide bonds. The van der Waals surface area contributed by atoms with E-state index in [0.717, 1.165) is 5.56 Å². The number of nitrogens with one attached hydrogen (secondary N) is 1. The van der Waals surface area contributed by atoms with Crippen LogP contribution >= 0.6 is 0 Å². The highest BCUT2D eigenvalue weighted by Crippen LogP contribution is 2.01. The van der Waals surface area contributed by atoms with E-state index in [9.17, 15) is 14.0 Å². The van der Waals surface area contributed by atoms with E-state index in [2.05, 4.69) is 17.2 Å². The number of imide groups is 1. The first-order valence-corrected chi connectivity index (χ1v) is 6.29. The quantitative estimate of drug-likeness (QED) is 0.856. The van der Waals surface area contributed by atoms with Crippen LogP contribution in [-0.2, 0) is 16.0 Å². The molecule has 0 saturated heterocycles. The molecule has 0 fully saturated rings. The van der Waals surface area contributed by atoms with Crippen molar-refractivity contribution in [2.75, 3.05) is 0 Å². The van der Waals surface area contributed by atoms with Gasteiger partial charge in [-0.3, -0.25) is 14.9 Å². The summed E-state index contributed by atoms with van der Waals surface area (Å²) in [5, 5.41) is 2.17. The Labute approximate surface area is 121 Å². The van der Waals surface area contributed by atoms with E-state index >= 15 is 0 Å². The van der Waals surface area contributed by atoms with Gasteiger partial charge in [0.05, 0.1) is 6.42 Å². The number of hydrogen-bond donors (Lipinski definition) is 1. The Morgan fingerprint density at radius 1 is 1.05 bits per heavy atom. The van der Waals surface area contributed by atoms with Crippen molar-refractivity contribution < 1.29 is 14.0 Å². The minimum absolute atomic E-state index is 0.105. The average molecular weight is 281 g/mol. The standard InChI is InChI=1S/C17H12FNO2/c18-15-8-4-7-14(11-15)9-10-16(20)19-17(21)12-13-5-2-1-3-6-13/h1-8,11H,12H2,(H,19,20,21). The molecule has 0 radical (unpaired) electrons. The Hall–Kier alpha value is -2.93. The molecular formula is C17H12FNO2. The maximum absolute atomic E-state index is 12.9. The average Bonchev–Trinajstić information content (AvgIpc) is 2.46. The van der Waals surface area contributed by atoms with Crippen LogP contribution < -0.4 is 5.32 Å². The minimum Gasteiger partial charge on any atom is -0.285 e. The molecule has 21 heavy (non-hydrogen) atoms. The van der Waals surface area contributed by atoms with Crippen molar-refractivity contribution in [3.05, 3.63) is 71.5 Å². The fourth-order valence-corrected chi connectivity index (χ4v) is 1.68. The molecule has 2 aromatic carbocycles. The Morgan fingerprint density at radius 3 is 2.52 bits per heavy atom. The fourth-order valence-electron chi connectivity index (χ4n) is 1.68. The van der Waals surface area contributed by atoms with E-state index in [0.29, 0.717) is 5.56 Å². The lowest BCUT2D eigenvalue weighted by atomic mass is 10.1. The molecule has 0 unspecified atom stereocenters. The van der Waals surface area contributed by atoms with E-state index in [1.807, 2.05) is 18.2 Å². The summed E-state index contributed by atoms with van der Waals surface area (Å²) in [5.74, 6) is 3.19. The SMILES string of the molecule is O=C(C#Cc1cccc(F)c1)NC(=O)Cc1ccccc1. The van der Waals surface area contributed by atoms with Gasteiger partial charge in [-0.15, -0.1) is 0 Å². The molecule has 2 rings (SSSR count). The van der Waals surface area contributed by atoms with E-state index < -0.39 is 17.6 Å². The second-order valence-electron chi connectivity index (χ2n) is 4.30. The minimum atomic E-state index is -0.708. The van der Waals surface area contributed by atoms with Crippen molar-refractivity contribution in [1.29, 1.82) is 0 Å². The summed E-state index contributed by atoms with van der Waals surface area (Å²) in [7, 11) is 0. The molecule has 0 saturated carbocycles. The summed E-state index contributed by atoms with van der Waals surface area (Å²) in [4.78, 5) is 23.1. The van der Waals surface area contributed by atoms with Crippen LogP contribution in [0.25, 0.3) is 0 Å². The highest BCUT2D eigenvalue weighted by molar-refractivity contribution is 6.05. The van der Waals surface area contributed by atoms with Crippen LogP contribution in [0.5, 0.6) is 0 Å². The lowest BCUT2D eigenvalue weighted by Gasteiger charge is -2.00. The number of benzene rings is 2. The number of carbonyl (C=O) groups is 2. The van der Waals surface area contributed by atoms with Crippen molar-refractivity contribution >= 4 is 11.8 Å². The van der Waals surface area contributed by atoms with Crippen molar-refractivity contribution in [2.24, 2.45) is 0 Å². The Kier molecular flexibility index (Phi) is 4.84. The van der Waals surface area contributed by atoms with Gasteiger partial charge in [0.2, 0.25) is 5.91 Å². The highest BCUT2D eigenvalue weighted by atomic mass is 19.1. The Bertz CT molecular complexity index is 714. The summed E-state index contributed by atoms with van der Waals surface area (Å²) < 4.78 is 12.9. The van der Waals surface area contributed by atoms with Crippen molar-refractivity contribution in [3.63, 3.8) is 0 Å². The van der Waals surface area contributed by atoms with Crippen LogP contribution in [0.1, 0.15) is 11.1 Å². The molecule has 2 aromatic rings. The smallest absolute Gasteiger partial charge is 0.285 e. The largest absolute Gasteiger partial charge is 0.302 e. The number of hydrogen-bond acceptors (Lipinski definition) is 2. The van der Waals surface area contributed by atoms with Crippen LogP contribution in [0.4, 0.5) is 4.39 Å². The van der Waals surface area contributed by atoms with Gasteiger partial charge in [-0.2, -0.15) is 0 Å². The van der Waals surface area contributed by atoms with Gasteiger partial charge in [-0.25, -0.2) is 4.39 Å². The zero-order chi connectivity index (χ0) is 15.1. The molecule has 104 valence electrons. The highest BCUT2D eigenvalue weighted by Gasteiger charge is 2.06. The van der Waals surface area contributed by atoms with Gasteiger partial charge in [0.25, 0.3) is 0 Å². The van der Waals surface area contributed by atoms with Gasteiger partial charge in [-0.05, 0) is 23.8 Å². The van der Waals surface area contributed by atoms with Crippen molar-refractivity contribution in [1.82, 2.24) is 5.32 Å². The normalized spacial score (nSPS) is 9.38. The summed E-state index contributed by atoms with van der Waals surface area (Å²) in [6, 6.07) is 14.6. The molecule has 0 aliphatic carbocycles. The monoisotopic (exact) mass is 281 g/mol. The summed E-state index contributed by atoms with van der Waals surface area (Å²) in [6.45, 7) is 0. The summed E-state index contributed by atoms with van der Waals surface area (Å²) in [6.07, 6.45) is 0.105. The van der Waals surface area contributed by atoms with Gasteiger partial charge in [0.15, 0.2) is 0 Å². The van der Waals surface area contributed by atoms with Crippen LogP contribution in [0.2, 0.25) is 0 Å². The van der Waals surface area contributed by atoms with Gasteiger partial charge in [0, 0.05) is 11.5 Å². The zero-order valence-corrected chi connectivity index (χ0v) is 11.1. The van der Waals surface area contributed by atoms with Crippen LogP contribution in [-0.4, -0.2) is 11.8 Å². The number of carbonyl (C=O) groups excluding carboxylic acids is 2. The number of amides is 2. The fraction of sp³-hybridized carbons (Fsp3) is 0.0588. The van der Waals surface area contributed by atoms with E-state index in [1.54, 1.807) is 18.2 Å². The molecule has 0 aliphatic heterocycles. The Balaban J connectivity index is 1.92. The third-order valence-corrected chi connectivity index (χ3v) is 2.61. The van der Waals surface area contributed by atoms with Crippen LogP contribution in [0.15, 0.2) is 54.6 Å². The summed E-state index contributed by atoms with van der Waals surface area (Å²) >= 11 is 0. The van der Waals surface area contributed by atoms with Crippen molar-refractivity contribution in [2.45, 2.75) is 6.42 Å². The van der Waals surface area contributed by atoms with Gasteiger partial charge >= 0.3 is 5.91 Å². The summed E-state index contributed by atoms with van der Waals surface area (Å²) in [5.41, 5.74) is 1.18. The van der Waals surface area contributed by atoms with E-state index in [4.69, 9.17) is 0 Å². The molecule has 0 aliphatic rings. The first-order chi connectivity index (χ1) is 10.1. The number of rotatable bonds is 2. The van der Waals surface area contributed by atoms with Crippen molar-refractivity contribution in [3.8, 4) is 11.8 Å². The van der Waals surface area contributed by atoms with Gasteiger partial charge < -0.3 is 0 Å².